The van der Waals surface area contributed by atoms with Crippen LogP contribution in [0.3, 0.4) is 0 Å². The molecule has 0 aliphatic carbocycles. The largest absolute Gasteiger partial charge is 0.369 e. The number of pyridine rings is 1. The normalized spacial score (nSPS) is 10.3. The number of nitrogens with zero attached hydrogens (tertiary/aromatic N) is 2. The first kappa shape index (κ1) is 16.6. The van der Waals surface area contributed by atoms with Crippen LogP contribution < -0.4 is 10.2 Å². The van der Waals surface area contributed by atoms with Gasteiger partial charge in [0.25, 0.3) is 5.91 Å². The number of hydrogen-bond donors (Lipinski definition) is 1. The summed E-state index contributed by atoms with van der Waals surface area (Å²) >= 11 is 0. The fraction of sp³-hybridized carbons (Fsp3) is 0.100. The molecule has 1 amide bonds. The third-order valence-electron chi connectivity index (χ3n) is 3.79. The van der Waals surface area contributed by atoms with E-state index in [0.717, 1.165) is 5.69 Å². The fourth-order valence-corrected chi connectivity index (χ4v) is 2.45. The van der Waals surface area contributed by atoms with E-state index in [-0.39, 0.29) is 11.7 Å². The van der Waals surface area contributed by atoms with Gasteiger partial charge in [0.2, 0.25) is 0 Å². The Bertz CT molecular complexity index is 850. The third-order valence-corrected chi connectivity index (χ3v) is 3.79. The van der Waals surface area contributed by atoms with E-state index in [1.54, 1.807) is 12.3 Å². The smallest absolute Gasteiger partial charge is 0.257 e. The van der Waals surface area contributed by atoms with E-state index in [9.17, 15) is 9.18 Å². The van der Waals surface area contributed by atoms with Crippen molar-refractivity contribution in [2.45, 2.75) is 6.54 Å². The van der Waals surface area contributed by atoms with Crippen molar-refractivity contribution in [3.8, 4) is 0 Å². The molecule has 2 aromatic carbocycles. The third kappa shape index (κ3) is 4.41. The Morgan fingerprint density at radius 1 is 1.08 bits per heavy atom. The van der Waals surface area contributed by atoms with Crippen LogP contribution in [-0.4, -0.2) is 17.9 Å². The minimum atomic E-state index is -0.343. The van der Waals surface area contributed by atoms with Gasteiger partial charge in [-0.1, -0.05) is 30.3 Å². The summed E-state index contributed by atoms with van der Waals surface area (Å²) in [6.45, 7) is 0.714. The second-order valence-corrected chi connectivity index (χ2v) is 5.73. The van der Waals surface area contributed by atoms with Crippen LogP contribution in [0.5, 0.6) is 0 Å². The first-order chi connectivity index (χ1) is 12.1. The molecule has 0 spiro atoms. The lowest BCUT2D eigenvalue weighted by molar-refractivity contribution is 0.102. The van der Waals surface area contributed by atoms with Crippen molar-refractivity contribution in [2.24, 2.45) is 0 Å². The Hall–Kier alpha value is -3.21. The van der Waals surface area contributed by atoms with E-state index >= 15 is 0 Å². The molecule has 0 saturated carbocycles. The van der Waals surface area contributed by atoms with Crippen molar-refractivity contribution in [3.05, 3.63) is 90.0 Å². The molecular weight excluding hydrogens is 317 g/mol. The molecule has 0 bridgehead atoms. The van der Waals surface area contributed by atoms with E-state index in [2.05, 4.69) is 22.4 Å². The monoisotopic (exact) mass is 335 g/mol. The molecule has 1 aromatic heterocycles. The summed E-state index contributed by atoms with van der Waals surface area (Å²) in [5.74, 6) is -0.627. The van der Waals surface area contributed by atoms with Crippen molar-refractivity contribution in [3.63, 3.8) is 0 Å². The minimum Gasteiger partial charge on any atom is -0.369 e. The van der Waals surface area contributed by atoms with Crippen LogP contribution in [-0.2, 0) is 6.54 Å². The van der Waals surface area contributed by atoms with Crippen LogP contribution in [0, 0.1) is 5.82 Å². The van der Waals surface area contributed by atoms with Crippen LogP contribution in [0.2, 0.25) is 0 Å². The van der Waals surface area contributed by atoms with E-state index < -0.39 is 0 Å². The number of rotatable bonds is 5. The van der Waals surface area contributed by atoms with Crippen molar-refractivity contribution in [1.29, 1.82) is 0 Å². The molecule has 1 heterocycles. The van der Waals surface area contributed by atoms with Crippen LogP contribution in [0.1, 0.15) is 15.9 Å². The second-order valence-electron chi connectivity index (χ2n) is 5.73. The Morgan fingerprint density at radius 3 is 2.52 bits per heavy atom. The van der Waals surface area contributed by atoms with Gasteiger partial charge in [-0.05, 0) is 35.9 Å². The average molecular weight is 335 g/mol. The summed E-state index contributed by atoms with van der Waals surface area (Å²) in [7, 11) is 1.95. The predicted molar refractivity (Wildman–Crippen MR) is 97.1 cm³/mol. The number of carbonyl (C=O) groups is 1. The number of benzene rings is 2. The molecule has 25 heavy (non-hydrogen) atoms. The topological polar surface area (TPSA) is 45.2 Å². The van der Waals surface area contributed by atoms with E-state index in [4.69, 9.17) is 0 Å². The summed E-state index contributed by atoms with van der Waals surface area (Å²) in [6.07, 6.45) is 3.23. The molecule has 0 saturated heterocycles. The summed E-state index contributed by atoms with van der Waals surface area (Å²) in [6, 6.07) is 17.5. The lowest BCUT2D eigenvalue weighted by Crippen LogP contribution is -2.18. The fourth-order valence-electron chi connectivity index (χ4n) is 2.45. The Balaban J connectivity index is 1.72. The van der Waals surface area contributed by atoms with Gasteiger partial charge < -0.3 is 10.2 Å². The van der Waals surface area contributed by atoms with Crippen molar-refractivity contribution in [2.75, 3.05) is 17.3 Å². The number of halogens is 1. The standard InChI is InChI=1S/C20H18FN3O/c1-24(14-15-5-3-2-4-6-15)19-11-16(12-22-13-19)20(25)23-18-9-7-17(21)8-10-18/h2-13H,14H2,1H3,(H,23,25). The van der Waals surface area contributed by atoms with E-state index in [1.165, 1.54) is 36.0 Å². The first-order valence-electron chi connectivity index (χ1n) is 7.89. The quantitative estimate of drug-likeness (QED) is 0.763. The molecular formula is C20H18FN3O. The molecule has 0 aliphatic rings. The Kier molecular flexibility index (Phi) is 5.04. The van der Waals surface area contributed by atoms with Gasteiger partial charge in [-0.25, -0.2) is 4.39 Å². The number of anilines is 2. The average Bonchev–Trinajstić information content (AvgIpc) is 2.64. The number of hydrogen-bond acceptors (Lipinski definition) is 3. The van der Waals surface area contributed by atoms with Gasteiger partial charge in [0, 0.05) is 25.5 Å². The summed E-state index contributed by atoms with van der Waals surface area (Å²) in [5, 5.41) is 2.74. The molecule has 0 atom stereocenters. The van der Waals surface area contributed by atoms with Crippen LogP contribution in [0.25, 0.3) is 0 Å². The Labute approximate surface area is 145 Å². The van der Waals surface area contributed by atoms with Gasteiger partial charge in [0.15, 0.2) is 0 Å². The molecule has 0 radical (unpaired) electrons. The molecule has 0 aliphatic heterocycles. The lowest BCUT2D eigenvalue weighted by Gasteiger charge is -2.19. The zero-order valence-electron chi connectivity index (χ0n) is 13.8. The maximum absolute atomic E-state index is 12.9. The second kappa shape index (κ2) is 7.57. The van der Waals surface area contributed by atoms with Crippen LogP contribution in [0.4, 0.5) is 15.8 Å². The van der Waals surface area contributed by atoms with Gasteiger partial charge >= 0.3 is 0 Å². The highest BCUT2D eigenvalue weighted by Gasteiger charge is 2.10. The lowest BCUT2D eigenvalue weighted by atomic mass is 10.2. The Morgan fingerprint density at radius 2 is 1.80 bits per heavy atom. The molecule has 4 nitrogen and oxygen atoms in total. The van der Waals surface area contributed by atoms with E-state index in [0.29, 0.717) is 17.8 Å². The van der Waals surface area contributed by atoms with Crippen molar-refractivity contribution >= 4 is 17.3 Å². The van der Waals surface area contributed by atoms with Gasteiger partial charge in [0.05, 0.1) is 17.4 Å². The predicted octanol–water partition coefficient (Wildman–Crippen LogP) is 4.11. The number of amides is 1. The van der Waals surface area contributed by atoms with Crippen molar-refractivity contribution in [1.82, 2.24) is 4.98 Å². The highest BCUT2D eigenvalue weighted by Crippen LogP contribution is 2.17. The maximum atomic E-state index is 12.9. The summed E-state index contributed by atoms with van der Waals surface area (Å²) in [5.41, 5.74) is 3.00. The van der Waals surface area contributed by atoms with Crippen LogP contribution in [0.15, 0.2) is 73.1 Å². The highest BCUT2D eigenvalue weighted by atomic mass is 19.1. The van der Waals surface area contributed by atoms with Gasteiger partial charge in [-0.3, -0.25) is 9.78 Å². The van der Waals surface area contributed by atoms with Crippen LogP contribution >= 0.6 is 0 Å². The molecule has 5 heteroatoms. The first-order valence-corrected chi connectivity index (χ1v) is 7.89. The zero-order valence-corrected chi connectivity index (χ0v) is 13.8. The molecule has 3 rings (SSSR count). The molecule has 3 aromatic rings. The van der Waals surface area contributed by atoms with E-state index in [1.807, 2.05) is 30.1 Å². The van der Waals surface area contributed by atoms with Gasteiger partial charge in [-0.15, -0.1) is 0 Å². The van der Waals surface area contributed by atoms with Crippen molar-refractivity contribution < 1.29 is 9.18 Å². The van der Waals surface area contributed by atoms with Gasteiger partial charge in [-0.2, -0.15) is 0 Å². The minimum absolute atomic E-state index is 0.283. The van der Waals surface area contributed by atoms with Gasteiger partial charge in [0.1, 0.15) is 5.82 Å². The number of aromatic nitrogens is 1. The molecule has 0 unspecified atom stereocenters. The number of carbonyl (C=O) groups excluding carboxylic acids is 1. The zero-order chi connectivity index (χ0) is 17.6. The maximum Gasteiger partial charge on any atom is 0.257 e. The molecule has 1 N–H and O–H groups in total. The summed E-state index contributed by atoms with van der Waals surface area (Å²) < 4.78 is 12.9. The molecule has 126 valence electrons. The molecule has 0 fully saturated rings. The SMILES string of the molecule is CN(Cc1ccccc1)c1cncc(C(=O)Nc2ccc(F)cc2)c1. The summed E-state index contributed by atoms with van der Waals surface area (Å²) in [4.78, 5) is 18.6. The highest BCUT2D eigenvalue weighted by molar-refractivity contribution is 6.04. The number of nitrogens with one attached hydrogen (secondary N) is 1.